The molecule has 0 bridgehead atoms. The molecular weight excluding hydrogens is 502 g/mol. The second-order valence-electron chi connectivity index (χ2n) is 11.5. The maximum absolute atomic E-state index is 13.9. The largest absolute Gasteiger partial charge is 0.392 e. The maximum Gasteiger partial charge on any atom is 0.198 e. The van der Waals surface area contributed by atoms with Crippen LogP contribution in [0.4, 0.5) is 0 Å². The first-order valence-electron chi connectivity index (χ1n) is 13.6. The Bertz CT molecular complexity index is 1330. The number of Topliss-reactive ketones (excluding diaryl/α,β-unsaturated/α-hetero) is 1. The Morgan fingerprint density at radius 3 is 2.74 bits per heavy atom. The Morgan fingerprint density at radius 2 is 2.00 bits per heavy atom. The molecule has 0 aromatic heterocycles. The van der Waals surface area contributed by atoms with Gasteiger partial charge in [0.25, 0.3) is 0 Å². The first-order valence-corrected chi connectivity index (χ1v) is 14.1. The molecule has 200 valence electrons. The van der Waals surface area contributed by atoms with Crippen molar-refractivity contribution in [2.24, 2.45) is 11.3 Å². The van der Waals surface area contributed by atoms with Gasteiger partial charge < -0.3 is 10.2 Å². The highest BCUT2D eigenvalue weighted by atomic mass is 35.5. The number of rotatable bonds is 6. The molecule has 2 N–H and O–H groups in total. The van der Waals surface area contributed by atoms with E-state index in [-0.39, 0.29) is 23.5 Å². The summed E-state index contributed by atoms with van der Waals surface area (Å²) in [5, 5.41) is 22.9. The molecule has 4 aliphatic carbocycles. The van der Waals surface area contributed by atoms with Gasteiger partial charge in [0.15, 0.2) is 17.2 Å². The third-order valence-electron chi connectivity index (χ3n) is 9.30. The summed E-state index contributed by atoms with van der Waals surface area (Å²) < 4.78 is 0. The van der Waals surface area contributed by atoms with Gasteiger partial charge in [-0.15, -0.1) is 11.6 Å². The van der Waals surface area contributed by atoms with Gasteiger partial charge in [-0.25, -0.2) is 0 Å². The van der Waals surface area contributed by atoms with E-state index in [9.17, 15) is 19.8 Å². The van der Waals surface area contributed by atoms with Crippen LogP contribution in [-0.4, -0.2) is 57.1 Å². The van der Waals surface area contributed by atoms with Gasteiger partial charge in [-0.05, 0) is 61.3 Å². The van der Waals surface area contributed by atoms with Gasteiger partial charge in [-0.2, -0.15) is 0 Å². The topological polar surface area (TPSA) is 87.1 Å². The first-order chi connectivity index (χ1) is 18.2. The molecule has 7 heteroatoms. The molecule has 1 aromatic rings. The van der Waals surface area contributed by atoms with Gasteiger partial charge in [0.2, 0.25) is 0 Å². The molecule has 1 aromatic carbocycles. The number of benzene rings is 1. The number of aryl methyl sites for hydroxylation is 1. The third kappa shape index (κ3) is 3.57. The van der Waals surface area contributed by atoms with Crippen molar-refractivity contribution in [3.8, 4) is 0 Å². The van der Waals surface area contributed by atoms with Crippen LogP contribution >= 0.6 is 11.6 Å². The molecule has 0 radical (unpaired) electrons. The fraction of sp³-hybridized carbons (Fsp3) is 0.484. The summed E-state index contributed by atoms with van der Waals surface area (Å²) in [5.74, 6) is -0.891. The highest BCUT2D eigenvalue weighted by Crippen LogP contribution is 2.62. The van der Waals surface area contributed by atoms with Crippen molar-refractivity contribution in [2.75, 3.05) is 13.2 Å². The van der Waals surface area contributed by atoms with Gasteiger partial charge in [0, 0.05) is 29.0 Å². The summed E-state index contributed by atoms with van der Waals surface area (Å²) in [7, 11) is 0. The number of allylic oxidation sites excluding steroid dienone is 3. The van der Waals surface area contributed by atoms with Crippen LogP contribution in [0.15, 0.2) is 76.0 Å². The van der Waals surface area contributed by atoms with E-state index < -0.39 is 29.5 Å². The number of alkyl halides is 1. The lowest BCUT2D eigenvalue weighted by molar-refractivity contribution is -0.250. The summed E-state index contributed by atoms with van der Waals surface area (Å²) in [6, 6.07) is 10.2. The molecule has 1 aliphatic heterocycles. The summed E-state index contributed by atoms with van der Waals surface area (Å²) in [4.78, 5) is 34.3. The number of ketones is 2. The van der Waals surface area contributed by atoms with E-state index >= 15 is 0 Å². The molecule has 0 spiro atoms. The Morgan fingerprint density at radius 1 is 1.24 bits per heavy atom. The van der Waals surface area contributed by atoms with Crippen LogP contribution in [0.3, 0.4) is 0 Å². The molecule has 5 aliphatic rings. The zero-order chi connectivity index (χ0) is 26.8. The Hall–Kier alpha value is -2.51. The molecule has 5 atom stereocenters. The van der Waals surface area contributed by atoms with Crippen molar-refractivity contribution in [2.45, 2.75) is 69.5 Å². The number of hydrogen-bond donors (Lipinski definition) is 2. The van der Waals surface area contributed by atoms with E-state index in [0.29, 0.717) is 24.1 Å². The lowest BCUT2D eigenvalue weighted by Crippen LogP contribution is -2.66. The van der Waals surface area contributed by atoms with Gasteiger partial charge in [-0.1, -0.05) is 55.8 Å². The third-order valence-corrected chi connectivity index (χ3v) is 9.73. The number of fused-ring (bicyclic) bond motifs is 5. The molecule has 0 fully saturated rings. The first kappa shape index (κ1) is 25.8. The average Bonchev–Trinajstić information content (AvgIpc) is 3.46. The van der Waals surface area contributed by atoms with E-state index in [1.165, 1.54) is 11.1 Å². The summed E-state index contributed by atoms with van der Waals surface area (Å²) in [5.41, 5.74) is 3.53. The SMILES string of the molecule is C[C@@H]1C=C2C(=O)C=C3C4=C(C5=C(CC[C@@H]5Cl)C4)N(CCCc4ccccc4)O[C@]3(C(=O)CO)[C@@]2(C)C[C@@H]1O. The van der Waals surface area contributed by atoms with E-state index in [1.807, 2.05) is 37.1 Å². The molecule has 0 unspecified atom stereocenters. The van der Waals surface area contributed by atoms with Crippen molar-refractivity contribution in [3.05, 3.63) is 81.6 Å². The number of nitrogens with zero attached hydrogens (tertiary/aromatic N) is 1. The second-order valence-corrected chi connectivity index (χ2v) is 12.1. The minimum atomic E-state index is -1.62. The fourth-order valence-corrected chi connectivity index (χ4v) is 7.71. The molecule has 0 saturated heterocycles. The minimum Gasteiger partial charge on any atom is -0.392 e. The van der Waals surface area contributed by atoms with Gasteiger partial charge in [-0.3, -0.25) is 19.5 Å². The molecule has 6 rings (SSSR count). The Labute approximate surface area is 228 Å². The lowest BCUT2D eigenvalue weighted by atomic mass is 9.52. The van der Waals surface area contributed by atoms with Crippen molar-refractivity contribution < 1.29 is 24.6 Å². The van der Waals surface area contributed by atoms with Crippen LogP contribution in [0.1, 0.15) is 51.5 Å². The second kappa shape index (κ2) is 9.30. The number of halogens is 1. The molecule has 0 amide bonds. The van der Waals surface area contributed by atoms with Crippen LogP contribution in [0.25, 0.3) is 0 Å². The smallest absolute Gasteiger partial charge is 0.198 e. The normalized spacial score (nSPS) is 34.0. The monoisotopic (exact) mass is 535 g/mol. The maximum atomic E-state index is 13.9. The van der Waals surface area contributed by atoms with E-state index in [4.69, 9.17) is 16.4 Å². The number of aliphatic hydroxyl groups excluding tert-OH is 2. The average molecular weight is 536 g/mol. The van der Waals surface area contributed by atoms with Gasteiger partial charge in [0.05, 0.1) is 17.2 Å². The van der Waals surface area contributed by atoms with E-state index in [0.717, 1.165) is 42.5 Å². The van der Waals surface area contributed by atoms with Crippen LogP contribution in [-0.2, 0) is 20.8 Å². The van der Waals surface area contributed by atoms with E-state index in [2.05, 4.69) is 12.1 Å². The number of carbonyl (C=O) groups excluding carboxylic acids is 2. The van der Waals surface area contributed by atoms with E-state index in [1.54, 1.807) is 12.2 Å². The van der Waals surface area contributed by atoms with Crippen molar-refractivity contribution in [3.63, 3.8) is 0 Å². The van der Waals surface area contributed by atoms with Crippen LogP contribution in [0.5, 0.6) is 0 Å². The predicted octanol–water partition coefficient (Wildman–Crippen LogP) is 4.36. The zero-order valence-corrected chi connectivity index (χ0v) is 22.6. The van der Waals surface area contributed by atoms with Crippen LogP contribution in [0.2, 0.25) is 0 Å². The van der Waals surface area contributed by atoms with Crippen molar-refractivity contribution in [1.82, 2.24) is 5.06 Å². The summed E-state index contributed by atoms with van der Waals surface area (Å²) >= 11 is 6.82. The number of carbonyl (C=O) groups is 2. The summed E-state index contributed by atoms with van der Waals surface area (Å²) in [6.45, 7) is 3.49. The number of aliphatic hydroxyl groups is 2. The Balaban J connectivity index is 1.49. The number of hydroxylamine groups is 2. The van der Waals surface area contributed by atoms with Crippen LogP contribution in [0, 0.1) is 11.3 Å². The van der Waals surface area contributed by atoms with Gasteiger partial charge >= 0.3 is 0 Å². The molecular formula is C31H34ClNO5. The highest BCUT2D eigenvalue weighted by molar-refractivity contribution is 6.23. The van der Waals surface area contributed by atoms with Crippen molar-refractivity contribution >= 4 is 23.2 Å². The highest BCUT2D eigenvalue weighted by Gasteiger charge is 2.67. The lowest BCUT2D eigenvalue weighted by Gasteiger charge is -2.57. The molecule has 38 heavy (non-hydrogen) atoms. The molecule has 0 saturated carbocycles. The standard InChI is InChI=1S/C31H34ClNO5/c1-18-13-23-25(35)15-22-21-14-20-10-11-24(32)28(20)29(21)33(12-6-9-19-7-4-3-5-8-19)38-31(22,27(37)17-34)30(23,2)16-26(18)36/h3-5,7-8,13,15,18,24,26,34,36H,6,9-12,14,16-17H2,1-2H3/t18-,24+,26+,30+,31-/m1/s1. The quantitative estimate of drug-likeness (QED) is 0.526. The Kier molecular flexibility index (Phi) is 6.30. The molecule has 6 nitrogen and oxygen atoms in total. The van der Waals surface area contributed by atoms with Crippen LogP contribution < -0.4 is 0 Å². The summed E-state index contributed by atoms with van der Waals surface area (Å²) in [6.07, 6.45) is 6.71. The zero-order valence-electron chi connectivity index (χ0n) is 21.9. The fourth-order valence-electron chi connectivity index (χ4n) is 7.34. The number of hydrogen-bond acceptors (Lipinski definition) is 6. The van der Waals surface area contributed by atoms with Crippen molar-refractivity contribution in [1.29, 1.82) is 0 Å². The van der Waals surface area contributed by atoms with Gasteiger partial charge in [0.1, 0.15) is 6.61 Å². The predicted molar refractivity (Wildman–Crippen MR) is 144 cm³/mol. The molecule has 1 heterocycles. The minimum absolute atomic E-state index is 0.151.